The van der Waals surface area contributed by atoms with Crippen molar-refractivity contribution in [2.75, 3.05) is 7.11 Å². The van der Waals surface area contributed by atoms with Crippen LogP contribution in [0.2, 0.25) is 0 Å². The molecule has 1 aliphatic heterocycles. The lowest BCUT2D eigenvalue weighted by atomic mass is 10.1. The van der Waals surface area contributed by atoms with Crippen molar-refractivity contribution < 1.29 is 33.6 Å². The van der Waals surface area contributed by atoms with Gasteiger partial charge >= 0.3 is 17.8 Å². The number of carbonyl (C=O) groups excluding carboxylic acids is 4. The molecule has 4 rings (SSSR count). The van der Waals surface area contributed by atoms with Crippen LogP contribution < -0.4 is 20.1 Å². The van der Waals surface area contributed by atoms with Crippen LogP contribution in [0, 0.1) is 10.1 Å². The predicted octanol–water partition coefficient (Wildman–Crippen LogP) is 2.90. The topological polar surface area (TPSA) is 157 Å². The first kappa shape index (κ1) is 24.9. The molecule has 3 aromatic rings. The fourth-order valence-electron chi connectivity index (χ4n) is 3.51. The van der Waals surface area contributed by atoms with Crippen LogP contribution in [0.25, 0.3) is 0 Å². The molecule has 1 heterocycles. The number of hydrogen-bond acceptors (Lipinski definition) is 8. The Hall–Kier alpha value is -5.26. The summed E-state index contributed by atoms with van der Waals surface area (Å²) >= 11 is 0. The molecular formula is C25H20N4O8. The van der Waals surface area contributed by atoms with E-state index in [1.165, 1.54) is 43.5 Å². The second kappa shape index (κ2) is 10.6. The molecule has 37 heavy (non-hydrogen) atoms. The van der Waals surface area contributed by atoms with Gasteiger partial charge in [0.1, 0.15) is 17.2 Å². The van der Waals surface area contributed by atoms with Crippen LogP contribution in [0.4, 0.5) is 10.5 Å². The number of urea groups is 1. The summed E-state index contributed by atoms with van der Waals surface area (Å²) in [7, 11) is 1.41. The summed E-state index contributed by atoms with van der Waals surface area (Å²) in [5.41, 5.74) is 1.39. The first-order valence-corrected chi connectivity index (χ1v) is 10.9. The minimum Gasteiger partial charge on any atom is -0.496 e. The molecule has 12 heteroatoms. The van der Waals surface area contributed by atoms with E-state index >= 15 is 0 Å². The monoisotopic (exact) mass is 504 g/mol. The van der Waals surface area contributed by atoms with E-state index in [2.05, 4.69) is 5.32 Å². The van der Waals surface area contributed by atoms with Crippen LogP contribution in [0.5, 0.6) is 17.2 Å². The van der Waals surface area contributed by atoms with Gasteiger partial charge in [-0.2, -0.15) is 0 Å². The molecule has 188 valence electrons. The average Bonchev–Trinajstić information content (AvgIpc) is 3.14. The number of rotatable bonds is 9. The molecule has 2 N–H and O–H groups in total. The number of carbonyl (C=O) groups is 4. The van der Waals surface area contributed by atoms with Gasteiger partial charge in [0.15, 0.2) is 0 Å². The number of nitrogens with one attached hydrogen (secondary N) is 2. The predicted molar refractivity (Wildman–Crippen MR) is 128 cm³/mol. The highest BCUT2D eigenvalue weighted by Crippen LogP contribution is 2.25. The number of nitro groups is 1. The zero-order valence-electron chi connectivity index (χ0n) is 19.4. The van der Waals surface area contributed by atoms with Gasteiger partial charge in [-0.25, -0.2) is 4.79 Å². The molecule has 0 aliphatic carbocycles. The normalized spacial score (nSPS) is 12.8. The number of nitrogens with zero attached hydrogens (tertiary/aromatic N) is 2. The standard InChI is InChI=1S/C25H20N4O8/c1-36-21-11-4-16(14-28-24(32)23(31)27-25(28)33)12-20(21)22(30)26-13-15-2-7-18(8-3-15)37-19-9-5-17(6-10-19)29(34)35/h2-12H,13-14H2,1H3,(H,26,30)(H,27,31,33). The van der Waals surface area contributed by atoms with Gasteiger partial charge in [0.05, 0.1) is 24.1 Å². The highest BCUT2D eigenvalue weighted by Gasteiger charge is 2.36. The lowest BCUT2D eigenvalue weighted by Gasteiger charge is -2.14. The van der Waals surface area contributed by atoms with Crippen LogP contribution in [-0.2, 0) is 22.7 Å². The summed E-state index contributed by atoms with van der Waals surface area (Å²) in [6.07, 6.45) is 0. The third-order valence-corrected chi connectivity index (χ3v) is 5.41. The lowest BCUT2D eigenvalue weighted by Crippen LogP contribution is -2.30. The molecule has 1 fully saturated rings. The van der Waals surface area contributed by atoms with Crippen molar-refractivity contribution in [2.45, 2.75) is 13.1 Å². The van der Waals surface area contributed by atoms with E-state index in [1.807, 2.05) is 5.32 Å². The molecule has 12 nitrogen and oxygen atoms in total. The van der Waals surface area contributed by atoms with E-state index in [9.17, 15) is 29.3 Å². The number of nitro benzene ring substituents is 1. The van der Waals surface area contributed by atoms with E-state index in [0.717, 1.165) is 10.5 Å². The summed E-state index contributed by atoms with van der Waals surface area (Å²) in [6, 6.07) is 16.4. The Morgan fingerprint density at radius 3 is 2.16 bits per heavy atom. The van der Waals surface area contributed by atoms with E-state index in [-0.39, 0.29) is 24.3 Å². The van der Waals surface area contributed by atoms with Crippen molar-refractivity contribution in [3.05, 3.63) is 93.5 Å². The van der Waals surface area contributed by atoms with Crippen LogP contribution in [0.1, 0.15) is 21.5 Å². The molecule has 5 amide bonds. The molecule has 0 bridgehead atoms. The number of non-ortho nitro benzene ring substituents is 1. The van der Waals surface area contributed by atoms with Crippen molar-refractivity contribution in [2.24, 2.45) is 0 Å². The van der Waals surface area contributed by atoms with Crippen molar-refractivity contribution in [1.29, 1.82) is 0 Å². The Labute approximate surface area is 209 Å². The highest BCUT2D eigenvalue weighted by atomic mass is 16.6. The van der Waals surface area contributed by atoms with Gasteiger partial charge < -0.3 is 14.8 Å². The van der Waals surface area contributed by atoms with Crippen LogP contribution in [0.3, 0.4) is 0 Å². The van der Waals surface area contributed by atoms with Crippen LogP contribution >= 0.6 is 0 Å². The second-order valence-corrected chi connectivity index (χ2v) is 7.86. The number of imide groups is 2. The Bertz CT molecular complexity index is 1390. The molecule has 0 unspecified atom stereocenters. The van der Waals surface area contributed by atoms with Gasteiger partial charge in [-0.15, -0.1) is 0 Å². The Kier molecular flexibility index (Phi) is 7.09. The zero-order valence-corrected chi connectivity index (χ0v) is 19.4. The van der Waals surface area contributed by atoms with Gasteiger partial charge in [-0.1, -0.05) is 18.2 Å². The number of ether oxygens (including phenoxy) is 2. The lowest BCUT2D eigenvalue weighted by molar-refractivity contribution is -0.384. The third kappa shape index (κ3) is 5.70. The van der Waals surface area contributed by atoms with Gasteiger partial charge in [0, 0.05) is 18.7 Å². The fraction of sp³-hybridized carbons (Fsp3) is 0.120. The zero-order chi connectivity index (χ0) is 26.5. The van der Waals surface area contributed by atoms with Gasteiger partial charge in [0.25, 0.3) is 11.6 Å². The maximum Gasteiger partial charge on any atom is 0.331 e. The summed E-state index contributed by atoms with van der Waals surface area (Å²) in [5, 5.41) is 15.5. The van der Waals surface area contributed by atoms with E-state index in [4.69, 9.17) is 9.47 Å². The maximum absolute atomic E-state index is 12.9. The molecule has 0 spiro atoms. The molecule has 1 saturated heterocycles. The number of hydrogen-bond donors (Lipinski definition) is 2. The van der Waals surface area contributed by atoms with Crippen molar-refractivity contribution >= 4 is 29.4 Å². The van der Waals surface area contributed by atoms with Crippen molar-refractivity contribution in [3.8, 4) is 17.2 Å². The van der Waals surface area contributed by atoms with E-state index in [0.29, 0.717) is 22.8 Å². The fourth-order valence-corrected chi connectivity index (χ4v) is 3.51. The SMILES string of the molecule is COc1ccc(CN2C(=O)NC(=O)C2=O)cc1C(=O)NCc1ccc(Oc2ccc([N+](=O)[O-])cc2)cc1. The number of methoxy groups -OCH3 is 1. The maximum atomic E-state index is 12.9. The molecular weight excluding hydrogens is 484 g/mol. The van der Waals surface area contributed by atoms with Gasteiger partial charge in [-0.3, -0.25) is 34.7 Å². The summed E-state index contributed by atoms with van der Waals surface area (Å²) in [4.78, 5) is 58.9. The first-order chi connectivity index (χ1) is 17.7. The van der Waals surface area contributed by atoms with E-state index in [1.54, 1.807) is 30.3 Å². The molecule has 0 saturated carbocycles. The Morgan fingerprint density at radius 2 is 1.59 bits per heavy atom. The Morgan fingerprint density at radius 1 is 0.973 bits per heavy atom. The smallest absolute Gasteiger partial charge is 0.331 e. The van der Waals surface area contributed by atoms with Crippen molar-refractivity contribution in [1.82, 2.24) is 15.5 Å². The third-order valence-electron chi connectivity index (χ3n) is 5.41. The minimum absolute atomic E-state index is 0.0364. The number of amides is 5. The second-order valence-electron chi connectivity index (χ2n) is 7.86. The summed E-state index contributed by atoms with van der Waals surface area (Å²) < 4.78 is 10.9. The van der Waals surface area contributed by atoms with Crippen LogP contribution in [-0.4, -0.2) is 40.7 Å². The average molecular weight is 504 g/mol. The Balaban J connectivity index is 1.38. The largest absolute Gasteiger partial charge is 0.496 e. The molecule has 0 aromatic heterocycles. The van der Waals surface area contributed by atoms with Gasteiger partial charge in [0.2, 0.25) is 0 Å². The van der Waals surface area contributed by atoms with Crippen molar-refractivity contribution in [3.63, 3.8) is 0 Å². The first-order valence-electron chi connectivity index (χ1n) is 10.9. The summed E-state index contributed by atoms with van der Waals surface area (Å²) in [5.74, 6) is -1.17. The quantitative estimate of drug-likeness (QED) is 0.195. The van der Waals surface area contributed by atoms with Crippen LogP contribution in [0.15, 0.2) is 66.7 Å². The minimum atomic E-state index is -0.999. The summed E-state index contributed by atoms with van der Waals surface area (Å²) in [6.45, 7) is 0.00243. The highest BCUT2D eigenvalue weighted by molar-refractivity contribution is 6.44. The molecule has 0 radical (unpaired) electrons. The van der Waals surface area contributed by atoms with E-state index < -0.39 is 28.7 Å². The molecule has 0 atom stereocenters. The van der Waals surface area contributed by atoms with Gasteiger partial charge in [-0.05, 0) is 47.5 Å². The molecule has 3 aromatic carbocycles. The molecule has 1 aliphatic rings. The number of benzene rings is 3.